The fourth-order valence-electron chi connectivity index (χ4n) is 0.593. The van der Waals surface area contributed by atoms with Crippen LogP contribution in [-0.2, 0) is 9.53 Å². The predicted octanol–water partition coefficient (Wildman–Crippen LogP) is 1.42. The van der Waals surface area contributed by atoms with E-state index in [9.17, 15) is 4.79 Å². The average Bonchev–Trinajstić information content (AvgIpc) is 1.85. The molecular weight excluding hydrogens is 142 g/mol. The van der Waals surface area contributed by atoms with E-state index >= 15 is 0 Å². The molecule has 0 fully saturated rings. The Labute approximate surface area is 67.5 Å². The van der Waals surface area contributed by atoms with Crippen molar-refractivity contribution < 1.29 is 9.53 Å². The van der Waals surface area contributed by atoms with Crippen LogP contribution in [0.4, 0.5) is 0 Å². The minimum Gasteiger partial charge on any atom is -0.463 e. The minimum atomic E-state index is -0.205. The normalized spacial score (nSPS) is 11.9. The molecule has 0 saturated heterocycles. The topological polar surface area (TPSA) is 38.7 Å². The zero-order valence-corrected chi connectivity index (χ0v) is 7.55. The van der Waals surface area contributed by atoms with Crippen LogP contribution in [0, 0.1) is 0 Å². The van der Waals surface area contributed by atoms with E-state index in [0.717, 1.165) is 5.71 Å². The van der Waals surface area contributed by atoms with Gasteiger partial charge >= 0.3 is 5.97 Å². The maximum absolute atomic E-state index is 10.9. The maximum atomic E-state index is 10.9. The Bertz CT molecular complexity index is 161. The number of hydrogen-bond donors (Lipinski definition) is 0. The highest BCUT2D eigenvalue weighted by atomic mass is 16.5. The molecule has 0 atom stereocenters. The summed E-state index contributed by atoms with van der Waals surface area (Å²) >= 11 is 0. The van der Waals surface area contributed by atoms with Gasteiger partial charge < -0.3 is 4.74 Å². The average molecular weight is 157 g/mol. The summed E-state index contributed by atoms with van der Waals surface area (Å²) in [7, 11) is 1.66. The number of hydrogen-bond acceptors (Lipinski definition) is 3. The molecule has 3 heteroatoms. The fourth-order valence-corrected chi connectivity index (χ4v) is 0.593. The molecule has 0 aromatic carbocycles. The van der Waals surface area contributed by atoms with Gasteiger partial charge in [0.1, 0.15) is 0 Å². The number of carbonyl (C=O) groups is 1. The summed E-state index contributed by atoms with van der Waals surface area (Å²) in [5.41, 5.74) is 0.802. The molecule has 11 heavy (non-hydrogen) atoms. The Morgan fingerprint density at radius 1 is 1.55 bits per heavy atom. The lowest BCUT2D eigenvalue weighted by atomic mass is 10.3. The molecule has 0 N–H and O–H groups in total. The van der Waals surface area contributed by atoms with Crippen LogP contribution in [0.2, 0.25) is 0 Å². The summed E-state index contributed by atoms with van der Waals surface area (Å²) in [4.78, 5) is 14.8. The van der Waals surface area contributed by atoms with Crippen molar-refractivity contribution in [3.8, 4) is 0 Å². The van der Waals surface area contributed by atoms with Gasteiger partial charge in [0.25, 0.3) is 0 Å². The first kappa shape index (κ1) is 10.1. The van der Waals surface area contributed by atoms with Gasteiger partial charge in [-0.15, -0.1) is 0 Å². The molecule has 0 aliphatic rings. The van der Waals surface area contributed by atoms with Crippen molar-refractivity contribution in [1.82, 2.24) is 0 Å². The van der Waals surface area contributed by atoms with Crippen molar-refractivity contribution in [1.29, 1.82) is 0 Å². The van der Waals surface area contributed by atoms with Gasteiger partial charge in [-0.1, -0.05) is 0 Å². The van der Waals surface area contributed by atoms with Gasteiger partial charge in [-0.05, 0) is 20.8 Å². The molecular formula is C8H15NO2. The summed E-state index contributed by atoms with van der Waals surface area (Å²) in [5, 5.41) is 0. The minimum absolute atomic E-state index is 0.0350. The smallest absolute Gasteiger partial charge is 0.311 e. The highest BCUT2D eigenvalue weighted by molar-refractivity contribution is 5.97. The van der Waals surface area contributed by atoms with Crippen LogP contribution in [0.1, 0.15) is 27.2 Å². The number of aliphatic imine (C=N–C) groups is 1. The first-order valence-electron chi connectivity index (χ1n) is 3.68. The second-order valence-electron chi connectivity index (χ2n) is 2.67. The molecule has 0 bridgehead atoms. The lowest BCUT2D eigenvalue weighted by Gasteiger charge is -2.06. The lowest BCUT2D eigenvalue weighted by Crippen LogP contribution is -2.13. The van der Waals surface area contributed by atoms with Gasteiger partial charge in [0.05, 0.1) is 12.5 Å². The Balaban J connectivity index is 3.70. The molecule has 0 aliphatic heterocycles. The van der Waals surface area contributed by atoms with E-state index in [1.807, 2.05) is 20.8 Å². The standard InChI is InChI=1S/C8H15NO2/c1-6(2)11-8(10)5-7(3)9-4/h6H,5H2,1-4H3/b9-7+. The number of esters is 1. The molecule has 0 radical (unpaired) electrons. The second-order valence-corrected chi connectivity index (χ2v) is 2.67. The molecule has 0 aliphatic carbocycles. The molecule has 0 rings (SSSR count). The van der Waals surface area contributed by atoms with E-state index in [1.165, 1.54) is 0 Å². The van der Waals surface area contributed by atoms with Gasteiger partial charge in [-0.2, -0.15) is 0 Å². The summed E-state index contributed by atoms with van der Waals surface area (Å²) < 4.78 is 4.90. The molecule has 0 aromatic heterocycles. The molecule has 0 aromatic rings. The monoisotopic (exact) mass is 157 g/mol. The molecule has 0 heterocycles. The van der Waals surface area contributed by atoms with Crippen molar-refractivity contribution in [2.24, 2.45) is 4.99 Å². The SMILES string of the molecule is C/N=C(\C)CC(=O)OC(C)C. The van der Waals surface area contributed by atoms with Crippen LogP contribution >= 0.6 is 0 Å². The lowest BCUT2D eigenvalue weighted by molar-refractivity contribution is -0.145. The first-order valence-corrected chi connectivity index (χ1v) is 3.68. The zero-order valence-electron chi connectivity index (χ0n) is 7.55. The van der Waals surface area contributed by atoms with Crippen molar-refractivity contribution in [3.05, 3.63) is 0 Å². The molecule has 3 nitrogen and oxygen atoms in total. The second kappa shape index (κ2) is 4.88. The van der Waals surface area contributed by atoms with Crippen molar-refractivity contribution in [2.45, 2.75) is 33.3 Å². The third kappa shape index (κ3) is 5.58. The summed E-state index contributed by atoms with van der Waals surface area (Å²) in [6.07, 6.45) is 0.265. The maximum Gasteiger partial charge on any atom is 0.311 e. The van der Waals surface area contributed by atoms with E-state index in [4.69, 9.17) is 4.74 Å². The van der Waals surface area contributed by atoms with Crippen LogP contribution in [0.5, 0.6) is 0 Å². The Morgan fingerprint density at radius 2 is 2.09 bits per heavy atom. The molecule has 0 saturated carbocycles. The molecule has 0 spiro atoms. The molecule has 0 unspecified atom stereocenters. The Morgan fingerprint density at radius 3 is 2.45 bits per heavy atom. The number of rotatable bonds is 3. The van der Waals surface area contributed by atoms with E-state index in [-0.39, 0.29) is 12.1 Å². The Hall–Kier alpha value is -0.860. The summed E-state index contributed by atoms with van der Waals surface area (Å²) in [6, 6.07) is 0. The van der Waals surface area contributed by atoms with Crippen molar-refractivity contribution in [2.75, 3.05) is 7.05 Å². The summed E-state index contributed by atoms with van der Waals surface area (Å²) in [6.45, 7) is 5.47. The quantitative estimate of drug-likeness (QED) is 0.459. The van der Waals surface area contributed by atoms with E-state index in [0.29, 0.717) is 6.42 Å². The third-order valence-corrected chi connectivity index (χ3v) is 1.15. The highest BCUT2D eigenvalue weighted by Crippen LogP contribution is 1.94. The van der Waals surface area contributed by atoms with Crippen LogP contribution in [0.25, 0.3) is 0 Å². The van der Waals surface area contributed by atoms with Gasteiger partial charge in [0.2, 0.25) is 0 Å². The highest BCUT2D eigenvalue weighted by Gasteiger charge is 2.05. The zero-order chi connectivity index (χ0) is 8.85. The number of carbonyl (C=O) groups excluding carboxylic acids is 1. The molecule has 0 amide bonds. The van der Waals surface area contributed by atoms with Crippen LogP contribution in [0.3, 0.4) is 0 Å². The molecule has 64 valence electrons. The third-order valence-electron chi connectivity index (χ3n) is 1.15. The van der Waals surface area contributed by atoms with Crippen molar-refractivity contribution >= 4 is 11.7 Å². The van der Waals surface area contributed by atoms with Gasteiger partial charge in [0, 0.05) is 12.8 Å². The van der Waals surface area contributed by atoms with E-state index in [1.54, 1.807) is 7.05 Å². The fraction of sp³-hybridized carbons (Fsp3) is 0.750. The van der Waals surface area contributed by atoms with Gasteiger partial charge in [-0.3, -0.25) is 9.79 Å². The van der Waals surface area contributed by atoms with E-state index < -0.39 is 0 Å². The van der Waals surface area contributed by atoms with Crippen LogP contribution in [-0.4, -0.2) is 24.8 Å². The van der Waals surface area contributed by atoms with Crippen molar-refractivity contribution in [3.63, 3.8) is 0 Å². The Kier molecular flexibility index (Phi) is 4.50. The summed E-state index contributed by atoms with van der Waals surface area (Å²) in [5.74, 6) is -0.205. The van der Waals surface area contributed by atoms with Gasteiger partial charge in [0.15, 0.2) is 0 Å². The number of nitrogens with zero attached hydrogens (tertiary/aromatic N) is 1. The first-order chi connectivity index (χ1) is 5.06. The van der Waals surface area contributed by atoms with E-state index in [2.05, 4.69) is 4.99 Å². The predicted molar refractivity (Wildman–Crippen MR) is 44.9 cm³/mol. The van der Waals surface area contributed by atoms with Crippen LogP contribution in [0.15, 0.2) is 4.99 Å². The largest absolute Gasteiger partial charge is 0.463 e. The number of ether oxygens (including phenoxy) is 1. The van der Waals surface area contributed by atoms with Crippen LogP contribution < -0.4 is 0 Å². The van der Waals surface area contributed by atoms with Gasteiger partial charge in [-0.25, -0.2) is 0 Å².